The van der Waals surface area contributed by atoms with Crippen LogP contribution in [0.15, 0.2) is 30.3 Å². The molecule has 0 bridgehead atoms. The Hall–Kier alpha value is -4.48. The second-order valence-electron chi connectivity index (χ2n) is 18.6. The van der Waals surface area contributed by atoms with Gasteiger partial charge in [0.25, 0.3) is 5.91 Å². The van der Waals surface area contributed by atoms with Crippen LogP contribution in [0.1, 0.15) is 117 Å². The molecule has 0 radical (unpaired) electrons. The lowest BCUT2D eigenvalue weighted by Crippen LogP contribution is -2.74. The molecule has 4 aliphatic rings. The first-order valence-electron chi connectivity index (χ1n) is 19.2. The van der Waals surface area contributed by atoms with Crippen molar-refractivity contribution in [1.82, 2.24) is 19.7 Å². The molecule has 1 aromatic carbocycles. The number of hydrogen-bond donors (Lipinski definition) is 0. The number of aromatic nitrogens is 1. The van der Waals surface area contributed by atoms with E-state index in [1.165, 1.54) is 0 Å². The zero-order chi connectivity index (χ0) is 40.2. The zero-order valence-electron chi connectivity index (χ0n) is 33.8. The van der Waals surface area contributed by atoms with Crippen molar-refractivity contribution in [1.29, 1.82) is 0 Å². The van der Waals surface area contributed by atoms with Crippen molar-refractivity contribution in [2.24, 2.45) is 16.7 Å². The molecule has 294 valence electrons. The molecule has 3 heterocycles. The number of halogens is 1. The SMILES string of the molecule is [C-]#[N+]c1ccc(OC2C(C)(C)C(N3Cc4nc(C#CC5CC(N(C(=O)OC(C)(C)C)C6CCN(C(=O)OC(C)(C)C)CC6)C5)ccc4C3=O)C2(C)C)cc1Cl. The van der Waals surface area contributed by atoms with Crippen LogP contribution in [0, 0.1) is 35.2 Å². The van der Waals surface area contributed by atoms with Crippen LogP contribution < -0.4 is 4.74 Å². The largest absolute Gasteiger partial charge is 0.489 e. The Morgan fingerprint density at radius 1 is 0.964 bits per heavy atom. The molecule has 3 fully saturated rings. The van der Waals surface area contributed by atoms with E-state index >= 15 is 0 Å². The van der Waals surface area contributed by atoms with Crippen molar-refractivity contribution in [3.8, 4) is 17.6 Å². The van der Waals surface area contributed by atoms with Crippen LogP contribution in [0.2, 0.25) is 5.02 Å². The molecule has 1 saturated heterocycles. The van der Waals surface area contributed by atoms with Gasteiger partial charge in [-0.1, -0.05) is 51.3 Å². The van der Waals surface area contributed by atoms with Crippen LogP contribution in [-0.2, 0) is 16.0 Å². The van der Waals surface area contributed by atoms with E-state index in [2.05, 4.69) is 44.4 Å². The molecular formula is C43H54ClN5O6. The summed E-state index contributed by atoms with van der Waals surface area (Å²) in [4.78, 5) is 53.8. The molecule has 3 amide bonds. The molecule has 1 aromatic heterocycles. The van der Waals surface area contributed by atoms with E-state index in [-0.39, 0.29) is 59.1 Å². The number of amides is 3. The lowest BCUT2D eigenvalue weighted by Gasteiger charge is -2.65. The molecule has 0 N–H and O–H groups in total. The molecule has 2 aliphatic carbocycles. The van der Waals surface area contributed by atoms with Gasteiger partial charge in [-0.15, -0.1) is 0 Å². The predicted octanol–water partition coefficient (Wildman–Crippen LogP) is 8.89. The summed E-state index contributed by atoms with van der Waals surface area (Å²) < 4.78 is 17.9. The highest BCUT2D eigenvalue weighted by atomic mass is 35.5. The van der Waals surface area contributed by atoms with Gasteiger partial charge >= 0.3 is 12.2 Å². The van der Waals surface area contributed by atoms with Crippen molar-refractivity contribution < 1.29 is 28.6 Å². The second-order valence-corrected chi connectivity index (χ2v) is 19.0. The minimum absolute atomic E-state index is 0.0107. The van der Waals surface area contributed by atoms with Gasteiger partial charge in [-0.25, -0.2) is 19.4 Å². The van der Waals surface area contributed by atoms with Crippen molar-refractivity contribution in [3.05, 3.63) is 63.7 Å². The highest BCUT2D eigenvalue weighted by Gasteiger charge is 2.67. The number of piperidine rings is 1. The summed E-state index contributed by atoms with van der Waals surface area (Å²) in [6.07, 6.45) is 1.89. The smallest absolute Gasteiger partial charge is 0.410 e. The average molecular weight is 772 g/mol. The molecule has 2 aliphatic heterocycles. The molecule has 0 unspecified atom stereocenters. The predicted molar refractivity (Wildman–Crippen MR) is 210 cm³/mol. The maximum atomic E-state index is 13.8. The first-order chi connectivity index (χ1) is 25.6. The fraction of sp³-hybridized carbons (Fsp3) is 0.605. The van der Waals surface area contributed by atoms with Gasteiger partial charge in [0.2, 0.25) is 5.69 Å². The van der Waals surface area contributed by atoms with Crippen molar-refractivity contribution in [2.45, 2.75) is 137 Å². The maximum Gasteiger partial charge on any atom is 0.410 e. The van der Waals surface area contributed by atoms with Crippen molar-refractivity contribution >= 4 is 35.4 Å². The summed E-state index contributed by atoms with van der Waals surface area (Å²) in [5.41, 5.74) is 0.351. The third kappa shape index (κ3) is 8.24. The molecule has 11 nitrogen and oxygen atoms in total. The summed E-state index contributed by atoms with van der Waals surface area (Å²) in [7, 11) is 0. The Morgan fingerprint density at radius 3 is 2.18 bits per heavy atom. The second kappa shape index (κ2) is 14.5. The Morgan fingerprint density at radius 2 is 1.60 bits per heavy atom. The number of rotatable bonds is 5. The molecule has 6 rings (SSSR count). The lowest BCUT2D eigenvalue weighted by atomic mass is 9.49. The third-order valence-electron chi connectivity index (χ3n) is 11.2. The van der Waals surface area contributed by atoms with Gasteiger partial charge in [-0.05, 0) is 97.4 Å². The van der Waals surface area contributed by atoms with Gasteiger partial charge in [0.05, 0.1) is 29.4 Å². The first kappa shape index (κ1) is 40.2. The van der Waals surface area contributed by atoms with Gasteiger partial charge in [0.15, 0.2) is 0 Å². The molecule has 2 aromatic rings. The van der Waals surface area contributed by atoms with Crippen molar-refractivity contribution in [3.63, 3.8) is 0 Å². The van der Waals surface area contributed by atoms with Crippen LogP contribution in [-0.4, -0.2) is 86.3 Å². The molecule has 12 heteroatoms. The van der Waals surface area contributed by atoms with E-state index in [1.807, 2.05) is 63.5 Å². The number of ether oxygens (including phenoxy) is 3. The van der Waals surface area contributed by atoms with Gasteiger partial charge in [0, 0.05) is 48.0 Å². The number of fused-ring (bicyclic) bond motifs is 1. The van der Waals surface area contributed by atoms with Crippen LogP contribution in [0.3, 0.4) is 0 Å². The normalized spacial score (nSPS) is 24.3. The third-order valence-corrected chi connectivity index (χ3v) is 11.5. The number of benzene rings is 1. The standard InChI is InChI=1S/C43H54ClN5O6/c1-40(2,3)54-38(51)47-20-18-28(19-21-47)49(39(52)55-41(4,5)6)29-22-26(23-29)12-13-27-14-16-31-34(46-27)25-48(35(31)50)36-42(7,8)37(43(36,9)10)53-30-15-17-33(45-11)32(44)24-30/h14-17,24,26,28-29,36-37H,18-23,25H2,1-10H3. The van der Waals surface area contributed by atoms with E-state index in [9.17, 15) is 14.4 Å². The fourth-order valence-electron chi connectivity index (χ4n) is 9.16. The summed E-state index contributed by atoms with van der Waals surface area (Å²) in [6.45, 7) is 28.3. The van der Waals surface area contributed by atoms with Crippen molar-refractivity contribution in [2.75, 3.05) is 13.1 Å². The molecule has 2 saturated carbocycles. The summed E-state index contributed by atoms with van der Waals surface area (Å²) in [5, 5.41) is 0.350. The van der Waals surface area contributed by atoms with Gasteiger partial charge in [-0.2, -0.15) is 0 Å². The summed E-state index contributed by atoms with van der Waals surface area (Å²) in [5.74, 6) is 7.27. The van der Waals surface area contributed by atoms with E-state index in [4.69, 9.17) is 37.4 Å². The fourth-order valence-corrected chi connectivity index (χ4v) is 9.37. The number of nitrogens with zero attached hydrogens (tertiary/aromatic N) is 5. The van der Waals surface area contributed by atoms with Crippen LogP contribution in [0.5, 0.6) is 5.75 Å². The summed E-state index contributed by atoms with van der Waals surface area (Å²) >= 11 is 6.29. The molecular weight excluding hydrogens is 718 g/mol. The molecule has 0 atom stereocenters. The van der Waals surface area contributed by atoms with Gasteiger partial charge in [-0.3, -0.25) is 4.79 Å². The Labute approximate surface area is 330 Å². The van der Waals surface area contributed by atoms with E-state index in [1.54, 1.807) is 23.1 Å². The topological polar surface area (TPSA) is 106 Å². The average Bonchev–Trinajstić information content (AvgIpc) is 3.36. The van der Waals surface area contributed by atoms with E-state index < -0.39 is 11.2 Å². The highest BCUT2D eigenvalue weighted by Crippen LogP contribution is 2.59. The maximum absolute atomic E-state index is 13.8. The first-order valence-corrected chi connectivity index (χ1v) is 19.6. The quantitative estimate of drug-likeness (QED) is 0.221. The number of likely N-dealkylation sites (tertiary alicyclic amines) is 1. The Bertz CT molecular complexity index is 1930. The molecule has 55 heavy (non-hydrogen) atoms. The van der Waals surface area contributed by atoms with Crippen LogP contribution in [0.25, 0.3) is 4.85 Å². The number of pyridine rings is 1. The van der Waals surface area contributed by atoms with Crippen LogP contribution in [0.4, 0.5) is 15.3 Å². The zero-order valence-corrected chi connectivity index (χ0v) is 34.5. The number of carbonyl (C=O) groups excluding carboxylic acids is 3. The van der Waals surface area contributed by atoms with E-state index in [0.717, 1.165) is 18.5 Å². The minimum atomic E-state index is -0.632. The van der Waals surface area contributed by atoms with Gasteiger partial charge < -0.3 is 28.9 Å². The Kier molecular flexibility index (Phi) is 10.6. The van der Waals surface area contributed by atoms with E-state index in [0.29, 0.717) is 60.2 Å². The number of carbonyl (C=O) groups is 3. The Balaban J connectivity index is 1.09. The number of hydrogen-bond acceptors (Lipinski definition) is 7. The van der Waals surface area contributed by atoms with Crippen LogP contribution >= 0.6 is 11.6 Å². The van der Waals surface area contributed by atoms with Gasteiger partial charge in [0.1, 0.15) is 28.7 Å². The minimum Gasteiger partial charge on any atom is -0.489 e. The highest BCUT2D eigenvalue weighted by molar-refractivity contribution is 6.33. The summed E-state index contributed by atoms with van der Waals surface area (Å²) in [6, 6.07) is 8.59. The molecule has 0 spiro atoms. The monoisotopic (exact) mass is 771 g/mol. The lowest BCUT2D eigenvalue weighted by molar-refractivity contribution is -0.199.